The van der Waals surface area contributed by atoms with Crippen molar-refractivity contribution in [2.24, 2.45) is 5.41 Å². The highest BCUT2D eigenvalue weighted by atomic mass is 16.2. The maximum absolute atomic E-state index is 13.3. The largest absolute Gasteiger partial charge is 0.348 e. The number of hydrogen-bond acceptors (Lipinski definition) is 5. The van der Waals surface area contributed by atoms with Gasteiger partial charge in [0.25, 0.3) is 0 Å². The van der Waals surface area contributed by atoms with E-state index in [1.807, 2.05) is 17.2 Å². The zero-order valence-corrected chi connectivity index (χ0v) is 20.4. The van der Waals surface area contributed by atoms with E-state index in [4.69, 9.17) is 0 Å². The number of fused-ring (bicyclic) bond motifs is 1. The van der Waals surface area contributed by atoms with Gasteiger partial charge in [0.1, 0.15) is 6.04 Å². The van der Waals surface area contributed by atoms with Crippen molar-refractivity contribution in [1.29, 1.82) is 0 Å². The Hall–Kier alpha value is -1.99. The molecule has 1 aromatic heterocycles. The number of nitrogens with zero attached hydrogens (tertiary/aromatic N) is 4. The number of nitrogens with one attached hydrogen (secondary N) is 1. The fourth-order valence-electron chi connectivity index (χ4n) is 5.65. The number of hydrogen-bond donors (Lipinski definition) is 1. The molecule has 3 fully saturated rings. The fourth-order valence-corrected chi connectivity index (χ4v) is 5.65. The van der Waals surface area contributed by atoms with Crippen LogP contribution in [0.15, 0.2) is 18.3 Å². The predicted octanol–water partition coefficient (Wildman–Crippen LogP) is 2.19. The van der Waals surface area contributed by atoms with E-state index in [-0.39, 0.29) is 29.3 Å². The van der Waals surface area contributed by atoms with Gasteiger partial charge in [-0.2, -0.15) is 0 Å². The summed E-state index contributed by atoms with van der Waals surface area (Å²) in [5.41, 5.74) is 2.10. The summed E-state index contributed by atoms with van der Waals surface area (Å²) < 4.78 is 0. The zero-order valence-electron chi connectivity index (χ0n) is 20.4. The smallest absolute Gasteiger partial charge is 0.243 e. The van der Waals surface area contributed by atoms with Crippen LogP contribution in [0.3, 0.4) is 0 Å². The molecule has 0 aliphatic carbocycles. The Morgan fingerprint density at radius 2 is 1.97 bits per heavy atom. The van der Waals surface area contributed by atoms with Gasteiger partial charge in [-0.25, -0.2) is 0 Å². The van der Waals surface area contributed by atoms with Gasteiger partial charge in [-0.3, -0.25) is 19.5 Å². The molecule has 2 amide bonds. The molecule has 3 saturated heterocycles. The molecule has 3 aliphatic rings. The van der Waals surface area contributed by atoms with Gasteiger partial charge in [0.15, 0.2) is 0 Å². The Labute approximate surface area is 192 Å². The number of likely N-dealkylation sites (tertiary alicyclic amines) is 1. The second-order valence-electron chi connectivity index (χ2n) is 11.4. The van der Waals surface area contributed by atoms with Crippen molar-refractivity contribution >= 4 is 11.8 Å². The number of carbonyl (C=O) groups is 2. The van der Waals surface area contributed by atoms with Gasteiger partial charge in [0.2, 0.25) is 11.8 Å². The zero-order chi connectivity index (χ0) is 23.1. The minimum Gasteiger partial charge on any atom is -0.348 e. The second kappa shape index (κ2) is 8.75. The molecule has 3 aliphatic heterocycles. The molecule has 0 radical (unpaired) electrons. The molecular formula is C25H39N5O2. The van der Waals surface area contributed by atoms with Gasteiger partial charge in [-0.15, -0.1) is 0 Å². The maximum atomic E-state index is 13.3. The lowest BCUT2D eigenvalue weighted by atomic mass is 9.84. The van der Waals surface area contributed by atoms with Crippen LogP contribution in [-0.4, -0.2) is 82.3 Å². The molecule has 1 spiro atoms. The molecule has 2 atom stereocenters. The summed E-state index contributed by atoms with van der Waals surface area (Å²) in [4.78, 5) is 37.6. The Bertz CT molecular complexity index is 828. The summed E-state index contributed by atoms with van der Waals surface area (Å²) >= 11 is 0. The lowest BCUT2D eigenvalue weighted by molar-refractivity contribution is -0.135. The predicted molar refractivity (Wildman–Crippen MR) is 125 cm³/mol. The Balaban J connectivity index is 1.38. The van der Waals surface area contributed by atoms with Gasteiger partial charge < -0.3 is 15.1 Å². The highest BCUT2D eigenvalue weighted by Gasteiger charge is 2.49. The van der Waals surface area contributed by atoms with Gasteiger partial charge in [-0.05, 0) is 50.3 Å². The molecule has 0 bridgehead atoms. The van der Waals surface area contributed by atoms with E-state index in [9.17, 15) is 9.59 Å². The van der Waals surface area contributed by atoms with Gasteiger partial charge in [-0.1, -0.05) is 26.8 Å². The molecule has 1 aromatic rings. The van der Waals surface area contributed by atoms with E-state index < -0.39 is 5.54 Å². The monoisotopic (exact) mass is 441 g/mol. The third-order valence-electron chi connectivity index (χ3n) is 7.43. The van der Waals surface area contributed by atoms with E-state index in [0.29, 0.717) is 13.0 Å². The first-order valence-corrected chi connectivity index (χ1v) is 12.0. The average Bonchev–Trinajstić information content (AvgIpc) is 3.13. The number of rotatable bonds is 4. The van der Waals surface area contributed by atoms with E-state index >= 15 is 0 Å². The SMILES string of the molecule is Cc1cccnc1CN1CCC2(CC1)CC(=O)N1C[C@@H](N(C)CC(C)(C)C)C[C@H]1C(=O)N2. The van der Waals surface area contributed by atoms with E-state index in [1.54, 1.807) is 0 Å². The van der Waals surface area contributed by atoms with Crippen LogP contribution in [0.4, 0.5) is 0 Å². The summed E-state index contributed by atoms with van der Waals surface area (Å²) in [5, 5.41) is 3.34. The van der Waals surface area contributed by atoms with Crippen LogP contribution >= 0.6 is 0 Å². The molecule has 0 unspecified atom stereocenters. The normalized spacial score (nSPS) is 26.4. The molecule has 4 rings (SSSR count). The first kappa shape index (κ1) is 23.2. The Morgan fingerprint density at radius 1 is 1.25 bits per heavy atom. The first-order valence-electron chi connectivity index (χ1n) is 12.0. The van der Waals surface area contributed by atoms with Crippen LogP contribution in [0.25, 0.3) is 0 Å². The number of carbonyl (C=O) groups excluding carboxylic acids is 2. The Morgan fingerprint density at radius 3 is 2.62 bits per heavy atom. The van der Waals surface area contributed by atoms with Gasteiger partial charge in [0, 0.05) is 45.0 Å². The topological polar surface area (TPSA) is 68.8 Å². The molecular weight excluding hydrogens is 402 g/mol. The Kier molecular flexibility index (Phi) is 6.34. The van der Waals surface area contributed by atoms with Crippen LogP contribution in [0.1, 0.15) is 57.7 Å². The third kappa shape index (κ3) is 4.99. The van der Waals surface area contributed by atoms with Crippen molar-refractivity contribution in [3.8, 4) is 0 Å². The number of piperidine rings is 1. The minimum atomic E-state index is -0.402. The van der Waals surface area contributed by atoms with Gasteiger partial charge in [0.05, 0.1) is 17.7 Å². The highest BCUT2D eigenvalue weighted by Crippen LogP contribution is 2.34. The summed E-state index contributed by atoms with van der Waals surface area (Å²) in [7, 11) is 2.12. The second-order valence-corrected chi connectivity index (χ2v) is 11.4. The van der Waals surface area contributed by atoms with E-state index in [2.05, 4.69) is 60.9 Å². The molecule has 0 aromatic carbocycles. The van der Waals surface area contributed by atoms with E-state index in [1.165, 1.54) is 5.56 Å². The molecule has 32 heavy (non-hydrogen) atoms. The minimum absolute atomic E-state index is 0.0385. The fraction of sp³-hybridized carbons (Fsp3) is 0.720. The summed E-state index contributed by atoms with van der Waals surface area (Å²) in [6.45, 7) is 12.9. The quantitative estimate of drug-likeness (QED) is 0.776. The summed E-state index contributed by atoms with van der Waals surface area (Å²) in [5.74, 6) is 0.172. The number of aromatic nitrogens is 1. The number of amides is 2. The molecule has 1 N–H and O–H groups in total. The molecule has 4 heterocycles. The number of pyridine rings is 1. The molecule has 7 heteroatoms. The van der Waals surface area contributed by atoms with Crippen molar-refractivity contribution in [3.05, 3.63) is 29.6 Å². The van der Waals surface area contributed by atoms with Crippen LogP contribution in [0.5, 0.6) is 0 Å². The van der Waals surface area contributed by atoms with Crippen molar-refractivity contribution in [1.82, 2.24) is 25.0 Å². The first-order chi connectivity index (χ1) is 15.1. The maximum Gasteiger partial charge on any atom is 0.243 e. The van der Waals surface area contributed by atoms with Crippen LogP contribution in [0, 0.1) is 12.3 Å². The third-order valence-corrected chi connectivity index (χ3v) is 7.43. The molecule has 7 nitrogen and oxygen atoms in total. The van der Waals surface area contributed by atoms with Crippen molar-refractivity contribution in [2.45, 2.75) is 77.5 Å². The van der Waals surface area contributed by atoms with Crippen molar-refractivity contribution in [3.63, 3.8) is 0 Å². The summed E-state index contributed by atoms with van der Waals surface area (Å²) in [6, 6.07) is 3.97. The lowest BCUT2D eigenvalue weighted by Gasteiger charge is -2.41. The van der Waals surface area contributed by atoms with E-state index in [0.717, 1.165) is 51.1 Å². The number of likely N-dealkylation sites (N-methyl/N-ethyl adjacent to an activating group) is 1. The number of aryl methyl sites for hydroxylation is 1. The molecule has 0 saturated carbocycles. The average molecular weight is 442 g/mol. The van der Waals surface area contributed by atoms with Crippen molar-refractivity contribution < 1.29 is 9.59 Å². The lowest BCUT2D eigenvalue weighted by Crippen LogP contribution is -2.56. The highest BCUT2D eigenvalue weighted by molar-refractivity contribution is 5.92. The van der Waals surface area contributed by atoms with Gasteiger partial charge >= 0.3 is 0 Å². The van der Waals surface area contributed by atoms with Crippen LogP contribution in [0.2, 0.25) is 0 Å². The van der Waals surface area contributed by atoms with Crippen LogP contribution < -0.4 is 5.32 Å². The van der Waals surface area contributed by atoms with Crippen molar-refractivity contribution in [2.75, 3.05) is 33.2 Å². The molecule has 176 valence electrons. The standard InChI is InChI=1S/C25H39N5O2/c1-18-7-6-10-26-20(18)16-29-11-8-25(9-12-29)14-22(31)30-15-19(13-21(30)23(32)27-25)28(5)17-24(2,3)4/h6-7,10,19,21H,8-9,11-17H2,1-5H3,(H,27,32)/t19-,21-/m0/s1. The van der Waals surface area contributed by atoms with Crippen LogP contribution in [-0.2, 0) is 16.1 Å². The summed E-state index contributed by atoms with van der Waals surface area (Å²) in [6.07, 6.45) is 4.61.